The van der Waals surface area contributed by atoms with E-state index in [-0.39, 0.29) is 22.5 Å². The zero-order valence-corrected chi connectivity index (χ0v) is 18.8. The largest absolute Gasteiger partial charge is 0.497 e. The van der Waals surface area contributed by atoms with Crippen molar-refractivity contribution in [2.24, 2.45) is 10.2 Å². The summed E-state index contributed by atoms with van der Waals surface area (Å²) in [4.78, 5) is -0.911. The van der Waals surface area contributed by atoms with E-state index in [4.69, 9.17) is 10.5 Å². The summed E-state index contributed by atoms with van der Waals surface area (Å²) in [6.45, 7) is 0. The number of nitrogens with zero attached hydrogens (tertiary/aromatic N) is 2. The maximum absolute atomic E-state index is 11.9. The Morgan fingerprint density at radius 2 is 1.24 bits per heavy atom. The van der Waals surface area contributed by atoms with Crippen LogP contribution in [-0.4, -0.2) is 33.1 Å². The molecule has 4 N–H and O–H groups in total. The molecule has 0 unspecified atom stereocenters. The fraction of sp³-hybridized carbons (Fsp3) is 0.0476. The Hall–Kier alpha value is -3.58. The number of methoxy groups -OCH3 is 1. The molecule has 0 saturated heterocycles. The lowest BCUT2D eigenvalue weighted by Gasteiger charge is -2.06. The van der Waals surface area contributed by atoms with E-state index >= 15 is 0 Å². The average molecular weight is 490 g/mol. The number of hydrogen-bond acceptors (Lipinski definition) is 8. The van der Waals surface area contributed by atoms with Crippen molar-refractivity contribution in [1.82, 2.24) is 0 Å². The lowest BCUT2D eigenvalue weighted by atomic mass is 10.1. The Kier molecular flexibility index (Phi) is 6.93. The summed E-state index contributed by atoms with van der Waals surface area (Å²) in [5.74, 6) is 0.636. The highest BCUT2D eigenvalue weighted by molar-refractivity contribution is 7.86. The van der Waals surface area contributed by atoms with Gasteiger partial charge in [-0.05, 0) is 59.7 Å². The number of nitrogen functional groups attached to an aromatic ring is 1. The molecule has 0 aliphatic carbocycles. The second-order valence-electron chi connectivity index (χ2n) is 6.70. The van der Waals surface area contributed by atoms with Gasteiger partial charge >= 0.3 is 0 Å². The van der Waals surface area contributed by atoms with Crippen LogP contribution in [0.1, 0.15) is 11.1 Å². The Morgan fingerprint density at radius 1 is 0.758 bits per heavy atom. The van der Waals surface area contributed by atoms with Crippen LogP contribution < -0.4 is 10.5 Å². The number of azo groups is 1. The number of ether oxygens (including phenoxy) is 1. The number of anilines is 1. The normalized spacial score (nSPS) is 12.5. The van der Waals surface area contributed by atoms with Crippen LogP contribution in [0.25, 0.3) is 12.2 Å². The van der Waals surface area contributed by atoms with E-state index in [1.54, 1.807) is 24.3 Å². The standard InChI is InChI=1S/C21H19N3O7S2/c1-31-19-10-8-17(9-11-19)23-24-18-7-5-15(21(13-18)33(28,29)30)3-2-14-4-6-16(22)12-20(14)32(25,26)27/h2-13H,22H2,1H3,(H,25,26,27)(H,28,29,30). The Labute approximate surface area is 190 Å². The van der Waals surface area contributed by atoms with Crippen LogP contribution in [0.4, 0.5) is 17.1 Å². The summed E-state index contributed by atoms with van der Waals surface area (Å²) in [6, 6.07) is 14.5. The van der Waals surface area contributed by atoms with Crippen LogP contribution in [0.5, 0.6) is 5.75 Å². The predicted octanol–water partition coefficient (Wildman–Crippen LogP) is 4.36. The molecule has 12 heteroatoms. The summed E-state index contributed by atoms with van der Waals surface area (Å²) >= 11 is 0. The van der Waals surface area contributed by atoms with E-state index in [2.05, 4.69) is 10.2 Å². The number of benzene rings is 3. The van der Waals surface area contributed by atoms with Gasteiger partial charge in [-0.3, -0.25) is 9.11 Å². The first-order valence-electron chi connectivity index (χ1n) is 9.20. The van der Waals surface area contributed by atoms with E-state index in [1.165, 1.54) is 43.5 Å². The van der Waals surface area contributed by atoms with Gasteiger partial charge < -0.3 is 10.5 Å². The molecule has 0 atom stereocenters. The third-order valence-electron chi connectivity index (χ3n) is 4.39. The molecule has 0 radical (unpaired) electrons. The number of rotatable bonds is 7. The van der Waals surface area contributed by atoms with Crippen molar-refractivity contribution in [2.75, 3.05) is 12.8 Å². The zero-order valence-electron chi connectivity index (χ0n) is 17.2. The highest BCUT2D eigenvalue weighted by Crippen LogP contribution is 2.28. The van der Waals surface area contributed by atoms with Gasteiger partial charge in [0.05, 0.1) is 18.5 Å². The number of nitrogens with two attached hydrogens (primary N) is 1. The zero-order chi connectivity index (χ0) is 24.2. The van der Waals surface area contributed by atoms with Crippen molar-refractivity contribution < 1.29 is 30.7 Å². The van der Waals surface area contributed by atoms with Crippen molar-refractivity contribution in [1.29, 1.82) is 0 Å². The topological polar surface area (TPSA) is 169 Å². The van der Waals surface area contributed by atoms with Gasteiger partial charge in [-0.15, -0.1) is 0 Å². The van der Waals surface area contributed by atoms with E-state index in [0.29, 0.717) is 11.4 Å². The van der Waals surface area contributed by atoms with Gasteiger partial charge in [-0.1, -0.05) is 24.3 Å². The SMILES string of the molecule is COc1ccc(N=Nc2ccc(C=Cc3ccc(N)cc3S(=O)(=O)O)c(S(=O)(=O)O)c2)cc1. The highest BCUT2D eigenvalue weighted by Gasteiger charge is 2.17. The quantitative estimate of drug-likeness (QED) is 0.190. The predicted molar refractivity (Wildman–Crippen MR) is 123 cm³/mol. The summed E-state index contributed by atoms with van der Waals surface area (Å²) in [5.41, 5.74) is 6.46. The Balaban J connectivity index is 1.98. The summed E-state index contributed by atoms with van der Waals surface area (Å²) < 4.78 is 71.2. The minimum absolute atomic E-state index is 0.0546. The molecule has 3 rings (SSSR count). The molecule has 33 heavy (non-hydrogen) atoms. The second kappa shape index (κ2) is 9.50. The molecule has 0 aliphatic rings. The molecule has 0 aliphatic heterocycles. The third kappa shape index (κ3) is 6.23. The maximum Gasteiger partial charge on any atom is 0.295 e. The molecule has 0 fully saturated rings. The molecule has 0 saturated carbocycles. The van der Waals surface area contributed by atoms with E-state index in [9.17, 15) is 25.9 Å². The molecule has 3 aromatic rings. The Bertz CT molecular complexity index is 1450. The van der Waals surface area contributed by atoms with Gasteiger partial charge in [0.15, 0.2) is 0 Å². The van der Waals surface area contributed by atoms with E-state index < -0.39 is 30.0 Å². The second-order valence-corrected chi connectivity index (χ2v) is 9.48. The molecular formula is C21H19N3O7S2. The van der Waals surface area contributed by atoms with Crippen molar-refractivity contribution in [2.45, 2.75) is 9.79 Å². The van der Waals surface area contributed by atoms with Crippen LogP contribution in [0.15, 0.2) is 80.7 Å². The molecule has 0 spiro atoms. The minimum Gasteiger partial charge on any atom is -0.497 e. The number of hydrogen-bond donors (Lipinski definition) is 3. The molecule has 3 aromatic carbocycles. The third-order valence-corrected chi connectivity index (χ3v) is 6.21. The van der Waals surface area contributed by atoms with Crippen LogP contribution in [0.2, 0.25) is 0 Å². The fourth-order valence-corrected chi connectivity index (χ4v) is 4.22. The van der Waals surface area contributed by atoms with Crippen molar-refractivity contribution in [3.63, 3.8) is 0 Å². The summed E-state index contributed by atoms with van der Waals surface area (Å²) in [7, 11) is -7.70. The molecule has 0 heterocycles. The maximum atomic E-state index is 11.9. The van der Waals surface area contributed by atoms with Gasteiger partial charge in [-0.2, -0.15) is 27.1 Å². The van der Waals surface area contributed by atoms with Crippen LogP contribution in [-0.2, 0) is 20.2 Å². The van der Waals surface area contributed by atoms with Crippen molar-refractivity contribution >= 4 is 49.5 Å². The average Bonchev–Trinajstić information content (AvgIpc) is 2.76. The van der Waals surface area contributed by atoms with E-state index in [1.807, 2.05) is 0 Å². The van der Waals surface area contributed by atoms with Crippen molar-refractivity contribution in [3.8, 4) is 5.75 Å². The Morgan fingerprint density at radius 3 is 1.79 bits per heavy atom. The van der Waals surface area contributed by atoms with Gasteiger partial charge in [0.25, 0.3) is 20.2 Å². The highest BCUT2D eigenvalue weighted by atomic mass is 32.2. The minimum atomic E-state index is -4.65. The lowest BCUT2D eigenvalue weighted by molar-refractivity contribution is 0.415. The smallest absolute Gasteiger partial charge is 0.295 e. The summed E-state index contributed by atoms with van der Waals surface area (Å²) in [5, 5.41) is 7.99. The first-order chi connectivity index (χ1) is 15.5. The lowest BCUT2D eigenvalue weighted by Crippen LogP contribution is -2.02. The van der Waals surface area contributed by atoms with Gasteiger partial charge in [-0.25, -0.2) is 0 Å². The van der Waals surface area contributed by atoms with Gasteiger partial charge in [0.1, 0.15) is 15.5 Å². The first kappa shape index (κ1) is 24.1. The van der Waals surface area contributed by atoms with Crippen molar-refractivity contribution in [3.05, 3.63) is 71.8 Å². The molecule has 0 amide bonds. The molecule has 0 aromatic heterocycles. The van der Waals surface area contributed by atoms with Crippen LogP contribution in [0, 0.1) is 0 Å². The van der Waals surface area contributed by atoms with Crippen LogP contribution in [0.3, 0.4) is 0 Å². The van der Waals surface area contributed by atoms with Gasteiger partial charge in [0.2, 0.25) is 0 Å². The van der Waals surface area contributed by atoms with Crippen LogP contribution >= 0.6 is 0 Å². The molecule has 10 nitrogen and oxygen atoms in total. The first-order valence-corrected chi connectivity index (χ1v) is 12.1. The fourth-order valence-electron chi connectivity index (χ4n) is 2.80. The molecule has 172 valence electrons. The summed E-state index contributed by atoms with van der Waals surface area (Å²) in [6.07, 6.45) is 2.54. The van der Waals surface area contributed by atoms with Gasteiger partial charge in [0, 0.05) is 5.69 Å². The molecular weight excluding hydrogens is 470 g/mol. The monoisotopic (exact) mass is 489 g/mol. The van der Waals surface area contributed by atoms with E-state index in [0.717, 1.165) is 12.1 Å². The molecule has 0 bridgehead atoms.